The zero-order chi connectivity index (χ0) is 26.4. The van der Waals surface area contributed by atoms with Gasteiger partial charge < -0.3 is 15.0 Å². The molecule has 12 heteroatoms. The Balaban J connectivity index is 1.52. The van der Waals surface area contributed by atoms with Gasteiger partial charge in [0.25, 0.3) is 5.91 Å². The van der Waals surface area contributed by atoms with Gasteiger partial charge in [-0.15, -0.1) is 5.10 Å². The maximum absolute atomic E-state index is 13.8. The minimum absolute atomic E-state index is 0.00630. The second kappa shape index (κ2) is 9.11. The van der Waals surface area contributed by atoms with Crippen LogP contribution in [0.25, 0.3) is 0 Å². The molecule has 0 radical (unpaired) electrons. The Morgan fingerprint density at radius 2 is 1.70 bits per heavy atom. The summed E-state index contributed by atoms with van der Waals surface area (Å²) in [6.07, 6.45) is 0.280. The zero-order valence-electron chi connectivity index (χ0n) is 20.1. The molecule has 11 nitrogen and oxygen atoms in total. The van der Waals surface area contributed by atoms with E-state index in [0.717, 1.165) is 4.90 Å². The summed E-state index contributed by atoms with van der Waals surface area (Å²) in [5.74, 6) is -1.78. The monoisotopic (exact) mass is 523 g/mol. The summed E-state index contributed by atoms with van der Waals surface area (Å²) in [6.45, 7) is 1.10. The van der Waals surface area contributed by atoms with E-state index >= 15 is 0 Å². The lowest BCUT2D eigenvalue weighted by Crippen LogP contribution is -2.58. The summed E-state index contributed by atoms with van der Waals surface area (Å²) in [4.78, 5) is 39.4. The number of amides is 2. The zero-order valence-corrected chi connectivity index (χ0v) is 21.0. The van der Waals surface area contributed by atoms with E-state index in [1.807, 2.05) is 60.7 Å². The Morgan fingerprint density at radius 3 is 2.24 bits per heavy atom. The average molecular weight is 524 g/mol. The van der Waals surface area contributed by atoms with Gasteiger partial charge in [0.15, 0.2) is 27.7 Å². The number of rotatable bonds is 7. The minimum atomic E-state index is -4.02. The third kappa shape index (κ3) is 3.97. The Bertz CT molecular complexity index is 1420. The number of sulfone groups is 1. The van der Waals surface area contributed by atoms with Crippen molar-refractivity contribution in [3.05, 3.63) is 83.7 Å². The fourth-order valence-electron chi connectivity index (χ4n) is 4.96. The first-order chi connectivity index (χ1) is 17.7. The minimum Gasteiger partial charge on any atom is -0.451 e. The molecule has 0 saturated carbocycles. The third-order valence-electron chi connectivity index (χ3n) is 6.95. The summed E-state index contributed by atoms with van der Waals surface area (Å²) < 4.78 is 32.7. The van der Waals surface area contributed by atoms with Crippen molar-refractivity contribution >= 4 is 27.6 Å². The van der Waals surface area contributed by atoms with E-state index in [9.17, 15) is 22.8 Å². The highest BCUT2D eigenvalue weighted by Gasteiger charge is 2.70. The highest BCUT2D eigenvalue weighted by Crippen LogP contribution is 2.47. The van der Waals surface area contributed by atoms with Crippen LogP contribution in [-0.4, -0.2) is 69.3 Å². The third-order valence-corrected chi connectivity index (χ3v) is 9.71. The molecule has 2 aromatic carbocycles. The highest BCUT2D eigenvalue weighted by atomic mass is 32.2. The molecule has 0 bridgehead atoms. The number of hydrogen-bond donors (Lipinski definition) is 1. The average Bonchev–Trinajstić information content (AvgIpc) is 3.41. The summed E-state index contributed by atoms with van der Waals surface area (Å²) in [6, 6.07) is 16.7. The van der Waals surface area contributed by atoms with Gasteiger partial charge in [-0.1, -0.05) is 65.9 Å². The quantitative estimate of drug-likeness (QED) is 0.358. The molecule has 0 aliphatic carbocycles. The van der Waals surface area contributed by atoms with Crippen LogP contribution in [0.1, 0.15) is 41.1 Å². The predicted octanol–water partition coefficient (Wildman–Crippen LogP) is 1.08. The van der Waals surface area contributed by atoms with Crippen LogP contribution in [0.4, 0.5) is 0 Å². The summed E-state index contributed by atoms with van der Waals surface area (Å²) in [5, 5.41) is 8.96. The number of fused-ring (bicyclic) bond motifs is 1. The van der Waals surface area contributed by atoms with E-state index in [-0.39, 0.29) is 18.7 Å². The van der Waals surface area contributed by atoms with Crippen molar-refractivity contribution in [2.45, 2.75) is 42.2 Å². The fraction of sp³-hybridized carbons (Fsp3) is 0.320. The van der Waals surface area contributed by atoms with Crippen molar-refractivity contribution in [3.8, 4) is 0 Å². The van der Waals surface area contributed by atoms with Gasteiger partial charge in [0, 0.05) is 7.05 Å². The molecule has 1 aromatic heterocycles. The molecule has 0 spiro atoms. The van der Waals surface area contributed by atoms with Crippen LogP contribution >= 0.6 is 0 Å². The molecule has 2 amide bonds. The molecule has 3 aromatic rings. The Labute approximate surface area is 213 Å². The maximum atomic E-state index is 13.8. The summed E-state index contributed by atoms with van der Waals surface area (Å²) in [7, 11) is -2.59. The van der Waals surface area contributed by atoms with Crippen LogP contribution in [0.2, 0.25) is 0 Å². The number of nitrogens with zero attached hydrogens (tertiary/aromatic N) is 4. The Hall–Kier alpha value is -4.06. The van der Waals surface area contributed by atoms with E-state index in [0.29, 0.717) is 11.1 Å². The molecule has 2 aliphatic rings. The highest BCUT2D eigenvalue weighted by molar-refractivity contribution is 7.93. The number of aromatic nitrogens is 3. The van der Waals surface area contributed by atoms with Crippen LogP contribution in [0.15, 0.2) is 66.9 Å². The lowest BCUT2D eigenvalue weighted by Gasteiger charge is -2.37. The van der Waals surface area contributed by atoms with Gasteiger partial charge >= 0.3 is 5.97 Å². The predicted molar refractivity (Wildman–Crippen MR) is 131 cm³/mol. The van der Waals surface area contributed by atoms with Crippen LogP contribution in [0.5, 0.6) is 0 Å². The fourth-order valence-corrected chi connectivity index (χ4v) is 7.32. The first-order valence-corrected chi connectivity index (χ1v) is 13.2. The topological polar surface area (TPSA) is 141 Å². The number of carbonyl (C=O) groups is 3. The Kier molecular flexibility index (Phi) is 6.06. The largest absolute Gasteiger partial charge is 0.451 e. The van der Waals surface area contributed by atoms with Gasteiger partial charge in [0.1, 0.15) is 10.1 Å². The maximum Gasteiger partial charge on any atom is 0.331 e. The van der Waals surface area contributed by atoms with Crippen molar-refractivity contribution in [3.63, 3.8) is 0 Å². The van der Waals surface area contributed by atoms with E-state index in [2.05, 4.69) is 15.6 Å². The van der Waals surface area contributed by atoms with Crippen molar-refractivity contribution in [2.75, 3.05) is 7.05 Å². The second-order valence-electron chi connectivity index (χ2n) is 9.24. The first kappa shape index (κ1) is 24.6. The van der Waals surface area contributed by atoms with Gasteiger partial charge in [-0.2, -0.15) is 0 Å². The molecule has 2 fully saturated rings. The summed E-state index contributed by atoms with van der Waals surface area (Å²) in [5.41, 5.74) is 1.39. The second-order valence-corrected chi connectivity index (χ2v) is 11.8. The van der Waals surface area contributed by atoms with Gasteiger partial charge in [-0.3, -0.25) is 14.3 Å². The van der Waals surface area contributed by atoms with E-state index in [1.54, 1.807) is 0 Å². The van der Waals surface area contributed by atoms with Crippen LogP contribution < -0.4 is 5.32 Å². The number of benzene rings is 2. The molecule has 2 aliphatic heterocycles. The molecule has 1 N–H and O–H groups in total. The lowest BCUT2D eigenvalue weighted by molar-refractivity contribution is -0.164. The van der Waals surface area contributed by atoms with E-state index < -0.39 is 49.9 Å². The number of carbonyl (C=O) groups excluding carboxylic acids is 3. The molecule has 5 rings (SSSR count). The molecule has 192 valence electrons. The van der Waals surface area contributed by atoms with Gasteiger partial charge in [-0.05, 0) is 18.1 Å². The number of β-lactam (4-membered cyclic amide) rings is 1. The van der Waals surface area contributed by atoms with Gasteiger partial charge in [-0.25, -0.2) is 13.2 Å². The SMILES string of the molecule is CNC(=O)c1cn(C[C@@]2(C)[C@H](C(=O)OC(c3ccccc3)c3ccccc3)N3C(=O)C[C@H]3S2(=O)=O)nn1. The molecule has 0 unspecified atom stereocenters. The van der Waals surface area contributed by atoms with Crippen LogP contribution in [-0.2, 0) is 30.7 Å². The van der Waals surface area contributed by atoms with Gasteiger partial charge in [0.2, 0.25) is 5.91 Å². The van der Waals surface area contributed by atoms with E-state index in [4.69, 9.17) is 4.74 Å². The lowest BCUT2D eigenvalue weighted by atomic mass is 9.95. The van der Waals surface area contributed by atoms with Gasteiger partial charge in [0.05, 0.1) is 19.2 Å². The molecule has 2 saturated heterocycles. The van der Waals surface area contributed by atoms with Crippen molar-refractivity contribution in [1.82, 2.24) is 25.2 Å². The smallest absolute Gasteiger partial charge is 0.331 e. The number of ether oxygens (including phenoxy) is 1. The molecular weight excluding hydrogens is 498 g/mol. The Morgan fingerprint density at radius 1 is 1.11 bits per heavy atom. The van der Waals surface area contributed by atoms with Crippen LogP contribution in [0.3, 0.4) is 0 Å². The molecular formula is C25H25N5O6S. The summed E-state index contributed by atoms with van der Waals surface area (Å²) >= 11 is 0. The number of nitrogens with one attached hydrogen (secondary N) is 1. The van der Waals surface area contributed by atoms with Crippen LogP contribution in [0, 0.1) is 0 Å². The standard InChI is InChI=1S/C25H25N5O6S/c1-25(15-29-14-18(27-28-29)23(32)26-2)22(30-19(31)13-20(30)37(25,34)35)24(33)36-21(16-9-5-3-6-10-16)17-11-7-4-8-12-17/h3-12,14,20-22H,13,15H2,1-2H3,(H,26,32)/t20-,22+,25+/m1/s1. The molecule has 3 atom stereocenters. The molecule has 3 heterocycles. The molecule has 37 heavy (non-hydrogen) atoms. The van der Waals surface area contributed by atoms with E-state index in [1.165, 1.54) is 24.9 Å². The number of esters is 1. The number of hydrogen-bond acceptors (Lipinski definition) is 8. The normalized spacial score (nSPS) is 23.9. The van der Waals surface area contributed by atoms with Crippen molar-refractivity contribution in [2.24, 2.45) is 0 Å². The van der Waals surface area contributed by atoms with Crippen molar-refractivity contribution < 1.29 is 27.5 Å². The first-order valence-electron chi connectivity index (χ1n) is 11.6. The van der Waals surface area contributed by atoms with Crippen molar-refractivity contribution in [1.29, 1.82) is 0 Å².